The number of amides is 2. The normalized spacial score (nSPS) is 17.7. The van der Waals surface area contributed by atoms with Gasteiger partial charge in [-0.2, -0.15) is 0 Å². The number of methoxy groups -OCH3 is 2. The van der Waals surface area contributed by atoms with E-state index >= 15 is 0 Å². The van der Waals surface area contributed by atoms with Crippen LogP contribution in [0.15, 0.2) is 42.5 Å². The number of hydrogen-bond donors (Lipinski definition) is 3. The first-order chi connectivity index (χ1) is 13.0. The summed E-state index contributed by atoms with van der Waals surface area (Å²) in [6.45, 7) is -0.0362. The molecule has 0 heterocycles. The van der Waals surface area contributed by atoms with E-state index in [9.17, 15) is 14.7 Å². The summed E-state index contributed by atoms with van der Waals surface area (Å²) in [4.78, 5) is 24.4. The molecule has 2 amide bonds. The third-order valence-electron chi connectivity index (χ3n) is 4.73. The third kappa shape index (κ3) is 3.88. The Bertz CT molecular complexity index is 867. The second-order valence-corrected chi connectivity index (χ2v) is 6.39. The van der Waals surface area contributed by atoms with Gasteiger partial charge in [0.2, 0.25) is 0 Å². The molecule has 2 aromatic rings. The van der Waals surface area contributed by atoms with Gasteiger partial charge in [-0.1, -0.05) is 24.3 Å². The van der Waals surface area contributed by atoms with Gasteiger partial charge in [0.1, 0.15) is 17.1 Å². The fourth-order valence-electron chi connectivity index (χ4n) is 3.25. The van der Waals surface area contributed by atoms with Crippen molar-refractivity contribution < 1.29 is 24.2 Å². The maximum absolute atomic E-state index is 12.2. The van der Waals surface area contributed by atoms with Gasteiger partial charge in [0.05, 0.1) is 26.5 Å². The highest BCUT2D eigenvalue weighted by molar-refractivity contribution is 6.39. The highest BCUT2D eigenvalue weighted by Crippen LogP contribution is 2.36. The fourth-order valence-corrected chi connectivity index (χ4v) is 3.25. The molecule has 142 valence electrons. The average Bonchev–Trinajstić information content (AvgIpc) is 3.03. The fraction of sp³-hybridized carbons (Fsp3) is 0.300. The van der Waals surface area contributed by atoms with E-state index in [1.807, 2.05) is 24.3 Å². The Balaban J connectivity index is 1.65. The largest absolute Gasteiger partial charge is 0.497 e. The lowest BCUT2D eigenvalue weighted by Crippen LogP contribution is -2.43. The smallest absolute Gasteiger partial charge is 0.313 e. The lowest BCUT2D eigenvalue weighted by atomic mass is 9.96. The van der Waals surface area contributed by atoms with Crippen LogP contribution in [0.1, 0.15) is 17.5 Å². The predicted octanol–water partition coefficient (Wildman–Crippen LogP) is 1.59. The van der Waals surface area contributed by atoms with E-state index in [0.29, 0.717) is 23.6 Å². The third-order valence-corrected chi connectivity index (χ3v) is 4.73. The number of aliphatic hydroxyl groups is 1. The van der Waals surface area contributed by atoms with Crippen molar-refractivity contribution >= 4 is 17.5 Å². The van der Waals surface area contributed by atoms with E-state index in [1.165, 1.54) is 14.2 Å². The molecule has 3 N–H and O–H groups in total. The summed E-state index contributed by atoms with van der Waals surface area (Å²) in [5, 5.41) is 15.9. The van der Waals surface area contributed by atoms with Crippen LogP contribution < -0.4 is 20.1 Å². The maximum atomic E-state index is 12.2. The van der Waals surface area contributed by atoms with Gasteiger partial charge in [-0.05, 0) is 36.1 Å². The molecule has 1 aliphatic carbocycles. The molecule has 1 unspecified atom stereocenters. The molecule has 1 aliphatic rings. The van der Waals surface area contributed by atoms with Crippen molar-refractivity contribution in [2.45, 2.75) is 18.4 Å². The van der Waals surface area contributed by atoms with Crippen LogP contribution in [0, 0.1) is 0 Å². The zero-order valence-corrected chi connectivity index (χ0v) is 15.2. The molecule has 0 saturated heterocycles. The predicted molar refractivity (Wildman–Crippen MR) is 99.8 cm³/mol. The zero-order valence-electron chi connectivity index (χ0n) is 15.2. The summed E-state index contributed by atoms with van der Waals surface area (Å²) < 4.78 is 10.3. The first kappa shape index (κ1) is 18.7. The summed E-state index contributed by atoms with van der Waals surface area (Å²) in [6.07, 6.45) is 1.23. The van der Waals surface area contributed by atoms with Crippen LogP contribution in [0.25, 0.3) is 0 Å². The van der Waals surface area contributed by atoms with Gasteiger partial charge in [0.15, 0.2) is 0 Å². The highest BCUT2D eigenvalue weighted by atomic mass is 16.5. The minimum atomic E-state index is -1.17. The Hall–Kier alpha value is -3.06. The van der Waals surface area contributed by atoms with Crippen LogP contribution in [0.4, 0.5) is 5.69 Å². The molecular formula is C20H22N2O5. The summed E-state index contributed by atoms with van der Waals surface area (Å²) in [6, 6.07) is 12.4. The van der Waals surface area contributed by atoms with Crippen molar-refractivity contribution in [1.82, 2.24) is 5.32 Å². The zero-order chi connectivity index (χ0) is 19.4. The Morgan fingerprint density at radius 2 is 1.89 bits per heavy atom. The molecule has 1 atom stereocenters. The number of hydrogen-bond acceptors (Lipinski definition) is 5. The van der Waals surface area contributed by atoms with E-state index in [4.69, 9.17) is 9.47 Å². The second-order valence-electron chi connectivity index (χ2n) is 6.39. The standard InChI is InChI=1S/C20H22N2O5/c1-26-14-7-8-17(27-2)16(11-14)22-19(24)18(23)21-12-20(25)10-9-13-5-3-4-6-15(13)20/h3-8,11,25H,9-10,12H2,1-2H3,(H,21,23)(H,22,24). The highest BCUT2D eigenvalue weighted by Gasteiger charge is 2.37. The van der Waals surface area contributed by atoms with Gasteiger partial charge in [0.25, 0.3) is 0 Å². The monoisotopic (exact) mass is 370 g/mol. The van der Waals surface area contributed by atoms with E-state index < -0.39 is 17.4 Å². The van der Waals surface area contributed by atoms with Crippen LogP contribution in [-0.2, 0) is 21.6 Å². The van der Waals surface area contributed by atoms with Crippen LogP contribution in [0.3, 0.4) is 0 Å². The van der Waals surface area contributed by atoms with Crippen molar-refractivity contribution in [1.29, 1.82) is 0 Å². The Morgan fingerprint density at radius 3 is 2.63 bits per heavy atom. The lowest BCUT2D eigenvalue weighted by molar-refractivity contribution is -0.136. The topological polar surface area (TPSA) is 96.9 Å². The molecular weight excluding hydrogens is 348 g/mol. The molecule has 7 nitrogen and oxygen atoms in total. The van der Waals surface area contributed by atoms with Crippen LogP contribution in [-0.4, -0.2) is 37.7 Å². The van der Waals surface area contributed by atoms with E-state index in [0.717, 1.165) is 17.5 Å². The van der Waals surface area contributed by atoms with Crippen molar-refractivity contribution in [2.75, 3.05) is 26.1 Å². The number of anilines is 1. The van der Waals surface area contributed by atoms with Gasteiger partial charge in [0, 0.05) is 6.07 Å². The number of nitrogens with one attached hydrogen (secondary N) is 2. The molecule has 0 radical (unpaired) electrons. The Labute approximate surface area is 157 Å². The molecule has 2 aromatic carbocycles. The SMILES string of the molecule is COc1ccc(OC)c(NC(=O)C(=O)NCC2(O)CCc3ccccc32)c1. The first-order valence-electron chi connectivity index (χ1n) is 8.59. The molecule has 0 aliphatic heterocycles. The number of ether oxygens (including phenoxy) is 2. The number of rotatable bonds is 5. The molecule has 0 bridgehead atoms. The molecule has 0 aromatic heterocycles. The van der Waals surface area contributed by atoms with Gasteiger partial charge < -0.3 is 25.2 Å². The summed E-state index contributed by atoms with van der Waals surface area (Å²) in [7, 11) is 2.96. The van der Waals surface area contributed by atoms with Crippen LogP contribution >= 0.6 is 0 Å². The molecule has 0 fully saturated rings. The van der Waals surface area contributed by atoms with Gasteiger partial charge >= 0.3 is 11.8 Å². The Kier molecular flexibility index (Phi) is 5.32. The molecule has 27 heavy (non-hydrogen) atoms. The lowest BCUT2D eigenvalue weighted by Gasteiger charge is -2.24. The molecule has 3 rings (SSSR count). The first-order valence-corrected chi connectivity index (χ1v) is 8.59. The Morgan fingerprint density at radius 1 is 1.11 bits per heavy atom. The van der Waals surface area contributed by atoms with Crippen LogP contribution in [0.5, 0.6) is 11.5 Å². The minimum Gasteiger partial charge on any atom is -0.497 e. The number of fused-ring (bicyclic) bond motifs is 1. The number of carbonyl (C=O) groups excluding carboxylic acids is 2. The minimum absolute atomic E-state index is 0.0362. The van der Waals surface area contributed by atoms with Gasteiger partial charge in [-0.25, -0.2) is 0 Å². The van der Waals surface area contributed by atoms with Crippen molar-refractivity contribution in [3.8, 4) is 11.5 Å². The van der Waals surface area contributed by atoms with Crippen molar-refractivity contribution in [3.05, 3.63) is 53.6 Å². The van der Waals surface area contributed by atoms with Crippen molar-refractivity contribution in [3.63, 3.8) is 0 Å². The molecule has 0 spiro atoms. The summed E-state index contributed by atoms with van der Waals surface area (Å²) >= 11 is 0. The van der Waals surface area contributed by atoms with E-state index in [1.54, 1.807) is 18.2 Å². The number of carbonyl (C=O) groups is 2. The number of aryl methyl sites for hydroxylation is 1. The van der Waals surface area contributed by atoms with Gasteiger partial charge in [-0.3, -0.25) is 9.59 Å². The maximum Gasteiger partial charge on any atom is 0.313 e. The van der Waals surface area contributed by atoms with E-state index in [-0.39, 0.29) is 6.54 Å². The molecule has 7 heteroatoms. The van der Waals surface area contributed by atoms with Gasteiger partial charge in [-0.15, -0.1) is 0 Å². The quantitative estimate of drug-likeness (QED) is 0.695. The van der Waals surface area contributed by atoms with E-state index in [2.05, 4.69) is 10.6 Å². The second kappa shape index (κ2) is 7.67. The van der Waals surface area contributed by atoms with Crippen LogP contribution in [0.2, 0.25) is 0 Å². The summed E-state index contributed by atoms with van der Waals surface area (Å²) in [5.74, 6) is -0.766. The average molecular weight is 370 g/mol. The molecule has 0 saturated carbocycles. The summed E-state index contributed by atoms with van der Waals surface area (Å²) in [5.41, 5.74) is 1.00. The van der Waals surface area contributed by atoms with Crippen molar-refractivity contribution in [2.24, 2.45) is 0 Å². The number of benzene rings is 2.